The minimum atomic E-state index is 0.403. The second kappa shape index (κ2) is 4.97. The molecule has 0 aliphatic heterocycles. The molecular formula is C13H10ClNO2. The van der Waals surface area contributed by atoms with Crippen LogP contribution in [-0.2, 0) is 0 Å². The van der Waals surface area contributed by atoms with E-state index in [-0.39, 0.29) is 0 Å². The summed E-state index contributed by atoms with van der Waals surface area (Å²) in [6.07, 6.45) is 2.49. The first-order chi connectivity index (χ1) is 8.24. The summed E-state index contributed by atoms with van der Waals surface area (Å²) in [7, 11) is 1.52. The third kappa shape index (κ3) is 2.45. The van der Waals surface area contributed by atoms with Crippen LogP contribution in [0.4, 0.5) is 0 Å². The summed E-state index contributed by atoms with van der Waals surface area (Å²) >= 11 is 5.99. The topological polar surface area (TPSA) is 39.2 Å². The molecule has 4 heteroatoms. The average molecular weight is 248 g/mol. The number of aldehydes is 1. The van der Waals surface area contributed by atoms with Crippen LogP contribution in [0.15, 0.2) is 36.5 Å². The number of pyridine rings is 1. The zero-order valence-corrected chi connectivity index (χ0v) is 9.94. The summed E-state index contributed by atoms with van der Waals surface area (Å²) in [6.45, 7) is 0. The average Bonchev–Trinajstić information content (AvgIpc) is 2.39. The van der Waals surface area contributed by atoms with Gasteiger partial charge in [0.15, 0.2) is 0 Å². The number of carbonyl (C=O) groups excluding carboxylic acids is 1. The molecule has 1 aromatic carbocycles. The van der Waals surface area contributed by atoms with Gasteiger partial charge >= 0.3 is 0 Å². The van der Waals surface area contributed by atoms with Crippen LogP contribution in [0.5, 0.6) is 5.88 Å². The van der Waals surface area contributed by atoms with Gasteiger partial charge in [0.1, 0.15) is 11.3 Å². The molecule has 0 spiro atoms. The van der Waals surface area contributed by atoms with Crippen molar-refractivity contribution >= 4 is 17.9 Å². The lowest BCUT2D eigenvalue weighted by Gasteiger charge is -2.05. The third-order valence-corrected chi connectivity index (χ3v) is 2.65. The maximum atomic E-state index is 10.5. The van der Waals surface area contributed by atoms with Crippen molar-refractivity contribution in [3.05, 3.63) is 47.1 Å². The van der Waals surface area contributed by atoms with Crippen molar-refractivity contribution in [3.8, 4) is 17.0 Å². The van der Waals surface area contributed by atoms with Gasteiger partial charge in [-0.2, -0.15) is 0 Å². The largest absolute Gasteiger partial charge is 0.480 e. The molecule has 0 fully saturated rings. The Morgan fingerprint density at radius 1 is 1.24 bits per heavy atom. The number of methoxy groups -OCH3 is 1. The molecule has 0 amide bonds. The molecule has 0 aliphatic rings. The van der Waals surface area contributed by atoms with Gasteiger partial charge in [-0.25, -0.2) is 4.98 Å². The lowest BCUT2D eigenvalue weighted by molar-refractivity contribution is 0.112. The van der Waals surface area contributed by atoms with Gasteiger partial charge in [0.05, 0.1) is 7.11 Å². The number of nitrogens with zero attached hydrogens (tertiary/aromatic N) is 1. The van der Waals surface area contributed by atoms with E-state index in [1.807, 2.05) is 12.1 Å². The fraction of sp³-hybridized carbons (Fsp3) is 0.0769. The van der Waals surface area contributed by atoms with Crippen molar-refractivity contribution in [3.63, 3.8) is 0 Å². The van der Waals surface area contributed by atoms with Crippen LogP contribution in [0.1, 0.15) is 10.4 Å². The summed E-state index contributed by atoms with van der Waals surface area (Å²) in [4.78, 5) is 14.6. The molecule has 2 aromatic rings. The van der Waals surface area contributed by atoms with E-state index < -0.39 is 0 Å². The molecule has 1 aromatic heterocycles. The second-order valence-corrected chi connectivity index (χ2v) is 3.86. The van der Waals surface area contributed by atoms with Crippen molar-refractivity contribution in [2.24, 2.45) is 0 Å². The first-order valence-electron chi connectivity index (χ1n) is 4.99. The van der Waals surface area contributed by atoms with E-state index in [2.05, 4.69) is 4.98 Å². The molecule has 86 valence electrons. The maximum absolute atomic E-state index is 10.5. The van der Waals surface area contributed by atoms with Gasteiger partial charge in [-0.15, -0.1) is 0 Å². The van der Waals surface area contributed by atoms with Crippen LogP contribution in [0.3, 0.4) is 0 Å². The molecule has 0 saturated heterocycles. The third-order valence-electron chi connectivity index (χ3n) is 2.38. The van der Waals surface area contributed by atoms with E-state index in [0.717, 1.165) is 17.4 Å². The predicted molar refractivity (Wildman–Crippen MR) is 66.6 cm³/mol. The Bertz CT molecular complexity index is 538. The number of halogens is 1. The molecular weight excluding hydrogens is 238 g/mol. The van der Waals surface area contributed by atoms with Gasteiger partial charge in [0, 0.05) is 17.3 Å². The fourth-order valence-corrected chi connectivity index (χ4v) is 1.73. The first kappa shape index (κ1) is 11.6. The van der Waals surface area contributed by atoms with Gasteiger partial charge in [-0.05, 0) is 11.6 Å². The number of benzene rings is 1. The smallest absolute Gasteiger partial charge is 0.232 e. The highest BCUT2D eigenvalue weighted by Gasteiger charge is 2.05. The molecule has 0 aliphatic carbocycles. The molecule has 0 atom stereocenters. The van der Waals surface area contributed by atoms with Crippen LogP contribution >= 0.6 is 11.6 Å². The Labute approximate surface area is 104 Å². The summed E-state index contributed by atoms with van der Waals surface area (Å²) in [5.74, 6) is 0.403. The highest BCUT2D eigenvalue weighted by molar-refractivity contribution is 6.32. The molecule has 0 unspecified atom stereocenters. The van der Waals surface area contributed by atoms with Gasteiger partial charge in [-0.3, -0.25) is 4.79 Å². The molecule has 2 rings (SSSR count). The van der Waals surface area contributed by atoms with Crippen LogP contribution < -0.4 is 4.74 Å². The molecule has 0 N–H and O–H groups in total. The predicted octanol–water partition coefficient (Wildman–Crippen LogP) is 3.22. The minimum Gasteiger partial charge on any atom is -0.480 e. The van der Waals surface area contributed by atoms with E-state index in [1.165, 1.54) is 7.11 Å². The van der Waals surface area contributed by atoms with Crippen LogP contribution in [0, 0.1) is 0 Å². The van der Waals surface area contributed by atoms with Crippen LogP contribution in [-0.4, -0.2) is 18.4 Å². The lowest BCUT2D eigenvalue weighted by Crippen LogP contribution is -1.89. The van der Waals surface area contributed by atoms with E-state index in [0.29, 0.717) is 16.5 Å². The van der Waals surface area contributed by atoms with Crippen LogP contribution in [0.2, 0.25) is 5.02 Å². The van der Waals surface area contributed by atoms with Crippen molar-refractivity contribution in [1.82, 2.24) is 4.98 Å². The normalized spacial score (nSPS) is 10.0. The quantitative estimate of drug-likeness (QED) is 0.782. The Kier molecular flexibility index (Phi) is 3.40. The maximum Gasteiger partial charge on any atom is 0.232 e. The van der Waals surface area contributed by atoms with Crippen molar-refractivity contribution < 1.29 is 9.53 Å². The van der Waals surface area contributed by atoms with Crippen molar-refractivity contribution in [2.75, 3.05) is 7.11 Å². The molecule has 0 bridgehead atoms. The second-order valence-electron chi connectivity index (χ2n) is 3.45. The summed E-state index contributed by atoms with van der Waals surface area (Å²) in [6, 6.07) is 8.98. The SMILES string of the molecule is COc1ncc(-c2ccc(C=O)cc2)cc1Cl. The zero-order chi connectivity index (χ0) is 12.3. The fourth-order valence-electron chi connectivity index (χ4n) is 1.49. The summed E-state index contributed by atoms with van der Waals surface area (Å²) in [5.41, 5.74) is 2.47. The van der Waals surface area contributed by atoms with E-state index in [9.17, 15) is 4.79 Å². The Morgan fingerprint density at radius 2 is 1.94 bits per heavy atom. The number of hydrogen-bond donors (Lipinski definition) is 0. The monoisotopic (exact) mass is 247 g/mol. The van der Waals surface area contributed by atoms with Crippen molar-refractivity contribution in [2.45, 2.75) is 0 Å². The van der Waals surface area contributed by atoms with E-state index in [4.69, 9.17) is 16.3 Å². The lowest BCUT2D eigenvalue weighted by atomic mass is 10.1. The summed E-state index contributed by atoms with van der Waals surface area (Å²) < 4.78 is 4.98. The Morgan fingerprint density at radius 3 is 2.47 bits per heavy atom. The van der Waals surface area contributed by atoms with Gasteiger partial charge in [-0.1, -0.05) is 35.9 Å². The standard InChI is InChI=1S/C13H10ClNO2/c1-17-13-12(14)6-11(7-15-13)10-4-2-9(8-16)3-5-10/h2-8H,1H3. The number of rotatable bonds is 3. The summed E-state index contributed by atoms with van der Waals surface area (Å²) in [5, 5.41) is 0.462. The molecule has 0 radical (unpaired) electrons. The number of aromatic nitrogens is 1. The molecule has 1 heterocycles. The van der Waals surface area contributed by atoms with Gasteiger partial charge < -0.3 is 4.74 Å². The highest BCUT2D eigenvalue weighted by atomic mass is 35.5. The Hall–Kier alpha value is -1.87. The Balaban J connectivity index is 2.38. The van der Waals surface area contributed by atoms with Crippen molar-refractivity contribution in [1.29, 1.82) is 0 Å². The molecule has 0 saturated carbocycles. The van der Waals surface area contributed by atoms with Gasteiger partial charge in [0.2, 0.25) is 5.88 Å². The number of carbonyl (C=O) groups is 1. The molecule has 3 nitrogen and oxygen atoms in total. The zero-order valence-electron chi connectivity index (χ0n) is 9.18. The molecule has 17 heavy (non-hydrogen) atoms. The number of hydrogen-bond acceptors (Lipinski definition) is 3. The minimum absolute atomic E-state index is 0.403. The highest BCUT2D eigenvalue weighted by Crippen LogP contribution is 2.27. The number of ether oxygens (including phenoxy) is 1. The van der Waals surface area contributed by atoms with Crippen LogP contribution in [0.25, 0.3) is 11.1 Å². The first-order valence-corrected chi connectivity index (χ1v) is 5.37. The van der Waals surface area contributed by atoms with Gasteiger partial charge in [0.25, 0.3) is 0 Å². The van der Waals surface area contributed by atoms with E-state index >= 15 is 0 Å². The van der Waals surface area contributed by atoms with E-state index in [1.54, 1.807) is 24.4 Å².